The van der Waals surface area contributed by atoms with Gasteiger partial charge in [-0.15, -0.1) is 5.10 Å². The smallest absolute Gasteiger partial charge is 0.315 e. The Hall–Kier alpha value is -1.85. The Bertz CT molecular complexity index is 538. The van der Waals surface area contributed by atoms with Crippen LogP contribution in [-0.2, 0) is 19.5 Å². The molecule has 0 aliphatic carbocycles. The quantitative estimate of drug-likeness (QED) is 0.879. The Morgan fingerprint density at radius 1 is 1.30 bits per heavy atom. The van der Waals surface area contributed by atoms with Gasteiger partial charge < -0.3 is 9.73 Å². The lowest BCUT2D eigenvalue weighted by Crippen LogP contribution is -2.09. The normalized spacial score (nSPS) is 11.8. The molecule has 0 aliphatic heterocycles. The first-order chi connectivity index (χ1) is 9.46. The first-order valence-corrected chi connectivity index (χ1v) is 7.04. The SMILES string of the molecule is CCCn1cc(CNc2nnc(CC(C)(C)C)o2)cn1. The average Bonchev–Trinajstić information content (AvgIpc) is 2.94. The van der Waals surface area contributed by atoms with Crippen LogP contribution in [0.2, 0.25) is 0 Å². The number of hydrogen-bond donors (Lipinski definition) is 1. The summed E-state index contributed by atoms with van der Waals surface area (Å²) in [5.74, 6) is 0.668. The molecule has 2 rings (SSSR count). The van der Waals surface area contributed by atoms with Crippen LogP contribution < -0.4 is 5.32 Å². The zero-order chi connectivity index (χ0) is 14.6. The number of anilines is 1. The molecule has 0 spiro atoms. The molecule has 0 aromatic carbocycles. The highest BCUT2D eigenvalue weighted by atomic mass is 16.4. The molecule has 1 N–H and O–H groups in total. The molecule has 0 unspecified atom stereocenters. The van der Waals surface area contributed by atoms with Gasteiger partial charge in [0.25, 0.3) is 0 Å². The lowest BCUT2D eigenvalue weighted by atomic mass is 9.92. The van der Waals surface area contributed by atoms with E-state index in [1.807, 2.05) is 17.1 Å². The van der Waals surface area contributed by atoms with Crippen molar-refractivity contribution >= 4 is 6.01 Å². The largest absolute Gasteiger partial charge is 0.408 e. The van der Waals surface area contributed by atoms with Gasteiger partial charge in [0, 0.05) is 31.3 Å². The van der Waals surface area contributed by atoms with E-state index >= 15 is 0 Å². The topological polar surface area (TPSA) is 68.8 Å². The molecule has 2 aromatic rings. The third-order valence-electron chi connectivity index (χ3n) is 2.73. The van der Waals surface area contributed by atoms with E-state index in [2.05, 4.69) is 48.3 Å². The van der Waals surface area contributed by atoms with Crippen molar-refractivity contribution < 1.29 is 4.42 Å². The standard InChI is InChI=1S/C14H23N5O/c1-5-6-19-10-11(9-16-19)8-15-13-18-17-12(20-13)7-14(2,3)4/h9-10H,5-8H2,1-4H3,(H,15,18). The first kappa shape index (κ1) is 14.6. The molecule has 0 atom stereocenters. The van der Waals surface area contributed by atoms with Crippen LogP contribution in [0.4, 0.5) is 6.01 Å². The number of aryl methyl sites for hydroxylation is 1. The van der Waals surface area contributed by atoms with Crippen LogP contribution in [0, 0.1) is 5.41 Å². The van der Waals surface area contributed by atoms with Crippen molar-refractivity contribution in [3.63, 3.8) is 0 Å². The van der Waals surface area contributed by atoms with Crippen molar-refractivity contribution in [3.8, 4) is 0 Å². The van der Waals surface area contributed by atoms with Crippen LogP contribution in [0.1, 0.15) is 45.6 Å². The fourth-order valence-corrected chi connectivity index (χ4v) is 1.88. The fourth-order valence-electron chi connectivity index (χ4n) is 1.88. The van der Waals surface area contributed by atoms with Crippen molar-refractivity contribution in [2.24, 2.45) is 5.41 Å². The molecule has 2 heterocycles. The third kappa shape index (κ3) is 4.36. The van der Waals surface area contributed by atoms with Gasteiger partial charge in [-0.3, -0.25) is 4.68 Å². The molecule has 110 valence electrons. The maximum Gasteiger partial charge on any atom is 0.315 e. The third-order valence-corrected chi connectivity index (χ3v) is 2.73. The maximum atomic E-state index is 5.58. The van der Waals surface area contributed by atoms with Gasteiger partial charge in [-0.1, -0.05) is 32.8 Å². The second-order valence-electron chi connectivity index (χ2n) is 6.20. The molecular formula is C14H23N5O. The Morgan fingerprint density at radius 2 is 2.10 bits per heavy atom. The summed E-state index contributed by atoms with van der Waals surface area (Å²) in [5, 5.41) is 15.5. The van der Waals surface area contributed by atoms with Gasteiger partial charge in [-0.05, 0) is 11.8 Å². The minimum atomic E-state index is 0.144. The molecule has 0 amide bonds. The van der Waals surface area contributed by atoms with E-state index in [1.165, 1.54) is 0 Å². The van der Waals surface area contributed by atoms with E-state index in [4.69, 9.17) is 4.42 Å². The van der Waals surface area contributed by atoms with E-state index in [0.717, 1.165) is 24.9 Å². The van der Waals surface area contributed by atoms with E-state index in [0.29, 0.717) is 18.5 Å². The predicted octanol–water partition coefficient (Wildman–Crippen LogP) is 2.88. The van der Waals surface area contributed by atoms with Crippen molar-refractivity contribution in [1.82, 2.24) is 20.0 Å². The summed E-state index contributed by atoms with van der Waals surface area (Å²) in [5.41, 5.74) is 1.25. The molecule has 0 aliphatic rings. The Morgan fingerprint density at radius 3 is 2.80 bits per heavy atom. The molecule has 6 heteroatoms. The summed E-state index contributed by atoms with van der Waals surface area (Å²) in [6.07, 6.45) is 5.74. The number of rotatable bonds is 6. The number of hydrogen-bond acceptors (Lipinski definition) is 5. The summed E-state index contributed by atoms with van der Waals surface area (Å²) in [7, 11) is 0. The molecule has 0 bridgehead atoms. The zero-order valence-corrected chi connectivity index (χ0v) is 12.7. The van der Waals surface area contributed by atoms with Gasteiger partial charge in [0.15, 0.2) is 0 Å². The first-order valence-electron chi connectivity index (χ1n) is 7.04. The van der Waals surface area contributed by atoms with Crippen molar-refractivity contribution in [3.05, 3.63) is 23.8 Å². The highest BCUT2D eigenvalue weighted by Crippen LogP contribution is 2.20. The predicted molar refractivity (Wildman–Crippen MR) is 77.3 cm³/mol. The number of aromatic nitrogens is 4. The Balaban J connectivity index is 1.87. The maximum absolute atomic E-state index is 5.58. The molecule has 2 aromatic heterocycles. The van der Waals surface area contributed by atoms with Gasteiger partial charge in [0.2, 0.25) is 5.89 Å². The van der Waals surface area contributed by atoms with Gasteiger partial charge in [-0.2, -0.15) is 5.10 Å². The van der Waals surface area contributed by atoms with Gasteiger partial charge >= 0.3 is 6.01 Å². The van der Waals surface area contributed by atoms with E-state index in [-0.39, 0.29) is 5.41 Å². The van der Waals surface area contributed by atoms with Gasteiger partial charge in [0.1, 0.15) is 0 Å². The van der Waals surface area contributed by atoms with E-state index in [1.54, 1.807) is 0 Å². The van der Waals surface area contributed by atoms with Crippen molar-refractivity contribution in [2.75, 3.05) is 5.32 Å². The Kier molecular flexibility index (Phi) is 4.42. The summed E-state index contributed by atoms with van der Waals surface area (Å²) in [6.45, 7) is 10.2. The molecule has 6 nitrogen and oxygen atoms in total. The summed E-state index contributed by atoms with van der Waals surface area (Å²) >= 11 is 0. The number of nitrogens with one attached hydrogen (secondary N) is 1. The lowest BCUT2D eigenvalue weighted by molar-refractivity contribution is 0.357. The van der Waals surface area contributed by atoms with Gasteiger partial charge in [-0.25, -0.2) is 0 Å². The summed E-state index contributed by atoms with van der Waals surface area (Å²) in [6, 6.07) is 0.465. The van der Waals surface area contributed by atoms with Crippen LogP contribution in [-0.4, -0.2) is 20.0 Å². The summed E-state index contributed by atoms with van der Waals surface area (Å²) in [4.78, 5) is 0. The van der Waals surface area contributed by atoms with Crippen LogP contribution in [0.5, 0.6) is 0 Å². The summed E-state index contributed by atoms with van der Waals surface area (Å²) < 4.78 is 7.52. The lowest BCUT2D eigenvalue weighted by Gasteiger charge is -2.14. The molecular weight excluding hydrogens is 254 g/mol. The monoisotopic (exact) mass is 277 g/mol. The molecule has 20 heavy (non-hydrogen) atoms. The fraction of sp³-hybridized carbons (Fsp3) is 0.643. The van der Waals surface area contributed by atoms with Crippen LogP contribution in [0.25, 0.3) is 0 Å². The van der Waals surface area contributed by atoms with Gasteiger partial charge in [0.05, 0.1) is 6.20 Å². The second kappa shape index (κ2) is 6.07. The van der Waals surface area contributed by atoms with Crippen LogP contribution >= 0.6 is 0 Å². The Labute approximate surface area is 119 Å². The highest BCUT2D eigenvalue weighted by molar-refractivity contribution is 5.20. The average molecular weight is 277 g/mol. The van der Waals surface area contributed by atoms with E-state index in [9.17, 15) is 0 Å². The molecule has 0 saturated carbocycles. The minimum absolute atomic E-state index is 0.144. The second-order valence-corrected chi connectivity index (χ2v) is 6.20. The zero-order valence-electron chi connectivity index (χ0n) is 12.7. The van der Waals surface area contributed by atoms with Crippen molar-refractivity contribution in [1.29, 1.82) is 0 Å². The molecule has 0 saturated heterocycles. The highest BCUT2D eigenvalue weighted by Gasteiger charge is 2.16. The van der Waals surface area contributed by atoms with Crippen LogP contribution in [0.15, 0.2) is 16.8 Å². The molecule has 0 fully saturated rings. The van der Waals surface area contributed by atoms with Crippen molar-refractivity contribution in [2.45, 2.75) is 53.6 Å². The number of nitrogens with zero attached hydrogens (tertiary/aromatic N) is 4. The van der Waals surface area contributed by atoms with E-state index < -0.39 is 0 Å². The molecule has 0 radical (unpaired) electrons. The van der Waals surface area contributed by atoms with Crippen LogP contribution in [0.3, 0.4) is 0 Å². The minimum Gasteiger partial charge on any atom is -0.408 e.